The molecule has 2 amide bonds. The molecule has 0 radical (unpaired) electrons. The average molecular weight is 539 g/mol. The number of nitrogens with one attached hydrogen (secondary N) is 1. The molecule has 180 valence electrons. The minimum atomic E-state index is -3.76. The first-order valence-electron chi connectivity index (χ1n) is 10.7. The van der Waals surface area contributed by atoms with Crippen molar-refractivity contribution in [1.29, 1.82) is 0 Å². The molecule has 33 heavy (non-hydrogen) atoms. The van der Waals surface area contributed by atoms with Gasteiger partial charge in [-0.15, -0.1) is 0 Å². The van der Waals surface area contributed by atoms with Gasteiger partial charge in [0.15, 0.2) is 0 Å². The number of anilines is 1. The molecular formula is C24H32BrN3O4S. The van der Waals surface area contributed by atoms with E-state index in [0.717, 1.165) is 21.7 Å². The fourth-order valence-electron chi connectivity index (χ4n) is 3.29. The second-order valence-electron chi connectivity index (χ2n) is 8.55. The Bertz CT molecular complexity index is 1090. The fraction of sp³-hybridized carbons (Fsp3) is 0.417. The van der Waals surface area contributed by atoms with Gasteiger partial charge in [0.2, 0.25) is 21.8 Å². The second-order valence-corrected chi connectivity index (χ2v) is 11.3. The van der Waals surface area contributed by atoms with Crippen LogP contribution in [0.15, 0.2) is 53.0 Å². The van der Waals surface area contributed by atoms with Crippen molar-refractivity contribution >= 4 is 43.5 Å². The molecule has 0 aliphatic carbocycles. The molecule has 0 aliphatic rings. The first-order valence-corrected chi connectivity index (χ1v) is 13.4. The van der Waals surface area contributed by atoms with Crippen LogP contribution in [-0.2, 0) is 26.2 Å². The molecule has 0 aromatic heterocycles. The van der Waals surface area contributed by atoms with Gasteiger partial charge >= 0.3 is 0 Å². The summed E-state index contributed by atoms with van der Waals surface area (Å²) < 4.78 is 26.8. The minimum Gasteiger partial charge on any atom is -0.354 e. The van der Waals surface area contributed by atoms with Gasteiger partial charge in [-0.25, -0.2) is 8.42 Å². The van der Waals surface area contributed by atoms with Crippen LogP contribution >= 0.6 is 15.9 Å². The number of rotatable bonds is 10. The lowest BCUT2D eigenvalue weighted by atomic mass is 10.1. The van der Waals surface area contributed by atoms with E-state index in [4.69, 9.17) is 0 Å². The van der Waals surface area contributed by atoms with Gasteiger partial charge in [0, 0.05) is 17.6 Å². The van der Waals surface area contributed by atoms with E-state index in [1.165, 1.54) is 4.90 Å². The molecule has 2 aromatic rings. The van der Waals surface area contributed by atoms with E-state index in [1.807, 2.05) is 45.0 Å². The Labute approximate surface area is 205 Å². The molecule has 2 rings (SSSR count). The van der Waals surface area contributed by atoms with Gasteiger partial charge in [-0.2, -0.15) is 0 Å². The summed E-state index contributed by atoms with van der Waals surface area (Å²) in [4.78, 5) is 27.7. The third kappa shape index (κ3) is 7.85. The molecule has 0 spiro atoms. The molecule has 0 fully saturated rings. The van der Waals surface area contributed by atoms with Crippen LogP contribution in [-0.4, -0.2) is 50.5 Å². The molecule has 7 nitrogen and oxygen atoms in total. The summed E-state index contributed by atoms with van der Waals surface area (Å²) in [6.07, 6.45) is 1.06. The van der Waals surface area contributed by atoms with Gasteiger partial charge in [-0.05, 0) is 53.4 Å². The molecule has 1 atom stereocenters. The zero-order valence-corrected chi connectivity index (χ0v) is 22.1. The Morgan fingerprint density at radius 3 is 2.30 bits per heavy atom. The minimum absolute atomic E-state index is 0.185. The van der Waals surface area contributed by atoms with E-state index in [2.05, 4.69) is 21.2 Å². The lowest BCUT2D eigenvalue weighted by Gasteiger charge is -2.32. The van der Waals surface area contributed by atoms with E-state index in [9.17, 15) is 18.0 Å². The number of hydrogen-bond donors (Lipinski definition) is 1. The number of benzene rings is 2. The van der Waals surface area contributed by atoms with Crippen LogP contribution in [0.25, 0.3) is 0 Å². The summed E-state index contributed by atoms with van der Waals surface area (Å²) in [5, 5.41) is 2.87. The Morgan fingerprint density at radius 2 is 1.73 bits per heavy atom. The standard InChI is InChI=1S/C24H32BrN3O4S/c1-17(2)14-26-24(30)19(4)27(15-20-10-8-9-18(3)13-20)23(29)16-28(33(5,31)32)22-12-7-6-11-21(22)25/h6-13,17,19H,14-16H2,1-5H3,(H,26,30). The van der Waals surface area contributed by atoms with E-state index >= 15 is 0 Å². The zero-order chi connectivity index (χ0) is 24.8. The van der Waals surface area contributed by atoms with Gasteiger partial charge in [0.25, 0.3) is 0 Å². The van der Waals surface area contributed by atoms with Gasteiger partial charge in [-0.1, -0.05) is 55.8 Å². The first-order chi connectivity index (χ1) is 15.4. The van der Waals surface area contributed by atoms with Crippen molar-refractivity contribution in [3.63, 3.8) is 0 Å². The second kappa shape index (κ2) is 11.7. The van der Waals surface area contributed by atoms with E-state index in [1.54, 1.807) is 31.2 Å². The number of sulfonamides is 1. The molecule has 1 N–H and O–H groups in total. The highest BCUT2D eigenvalue weighted by Gasteiger charge is 2.30. The largest absolute Gasteiger partial charge is 0.354 e. The highest BCUT2D eigenvalue weighted by atomic mass is 79.9. The summed E-state index contributed by atoms with van der Waals surface area (Å²) in [7, 11) is -3.76. The molecule has 1 unspecified atom stereocenters. The maximum absolute atomic E-state index is 13.5. The summed E-state index contributed by atoms with van der Waals surface area (Å²) in [5.74, 6) is -0.486. The predicted octanol–water partition coefficient (Wildman–Crippen LogP) is 3.71. The number of para-hydroxylation sites is 1. The van der Waals surface area contributed by atoms with Crippen LogP contribution in [0, 0.1) is 12.8 Å². The molecule has 0 heterocycles. The number of halogens is 1. The fourth-order valence-corrected chi connectivity index (χ4v) is 4.77. The van der Waals surface area contributed by atoms with Crippen molar-refractivity contribution in [2.45, 2.75) is 40.3 Å². The van der Waals surface area contributed by atoms with Crippen LogP contribution in [0.2, 0.25) is 0 Å². The van der Waals surface area contributed by atoms with Crippen LogP contribution < -0.4 is 9.62 Å². The van der Waals surface area contributed by atoms with Gasteiger partial charge in [0.05, 0.1) is 11.9 Å². The lowest BCUT2D eigenvalue weighted by Crippen LogP contribution is -2.51. The number of carbonyl (C=O) groups excluding carboxylic acids is 2. The molecule has 0 saturated carbocycles. The lowest BCUT2D eigenvalue weighted by molar-refractivity contribution is -0.139. The topological polar surface area (TPSA) is 86.8 Å². The van der Waals surface area contributed by atoms with Crippen LogP contribution in [0.3, 0.4) is 0 Å². The van der Waals surface area contributed by atoms with Crippen molar-refractivity contribution in [2.75, 3.05) is 23.7 Å². The Balaban J connectivity index is 2.38. The summed E-state index contributed by atoms with van der Waals surface area (Å²) >= 11 is 3.37. The number of amides is 2. The summed E-state index contributed by atoms with van der Waals surface area (Å²) in [5.41, 5.74) is 2.25. The monoisotopic (exact) mass is 537 g/mol. The summed E-state index contributed by atoms with van der Waals surface area (Å²) in [6.45, 7) is 7.84. The number of hydrogen-bond acceptors (Lipinski definition) is 4. The molecule has 0 aliphatic heterocycles. The average Bonchev–Trinajstić information content (AvgIpc) is 2.73. The molecule has 2 aromatic carbocycles. The molecule has 9 heteroatoms. The van der Waals surface area contributed by atoms with Crippen molar-refractivity contribution in [3.8, 4) is 0 Å². The van der Waals surface area contributed by atoms with Gasteiger partial charge in [-0.3, -0.25) is 13.9 Å². The van der Waals surface area contributed by atoms with Crippen molar-refractivity contribution in [3.05, 3.63) is 64.1 Å². The predicted molar refractivity (Wildman–Crippen MR) is 135 cm³/mol. The third-order valence-corrected chi connectivity index (χ3v) is 6.88. The smallest absolute Gasteiger partial charge is 0.244 e. The number of nitrogens with zero attached hydrogens (tertiary/aromatic N) is 2. The normalized spacial score (nSPS) is 12.3. The van der Waals surface area contributed by atoms with Crippen molar-refractivity contribution < 1.29 is 18.0 Å². The molecule has 0 bridgehead atoms. The zero-order valence-electron chi connectivity index (χ0n) is 19.7. The van der Waals surface area contributed by atoms with Gasteiger partial charge < -0.3 is 10.2 Å². The first kappa shape index (κ1) is 26.9. The molecule has 0 saturated heterocycles. The number of aryl methyl sites for hydroxylation is 1. The Morgan fingerprint density at radius 1 is 1.06 bits per heavy atom. The van der Waals surface area contributed by atoms with Crippen LogP contribution in [0.5, 0.6) is 0 Å². The SMILES string of the molecule is Cc1cccc(CN(C(=O)CN(c2ccccc2Br)S(C)(=O)=O)C(C)C(=O)NCC(C)C)c1. The Hall–Kier alpha value is -2.39. The van der Waals surface area contributed by atoms with Crippen LogP contribution in [0.4, 0.5) is 5.69 Å². The maximum Gasteiger partial charge on any atom is 0.244 e. The van der Waals surface area contributed by atoms with Crippen LogP contribution in [0.1, 0.15) is 31.9 Å². The van der Waals surface area contributed by atoms with E-state index < -0.39 is 28.5 Å². The quantitative estimate of drug-likeness (QED) is 0.500. The maximum atomic E-state index is 13.5. The summed E-state index contributed by atoms with van der Waals surface area (Å²) in [6, 6.07) is 13.7. The molecular weight excluding hydrogens is 506 g/mol. The van der Waals surface area contributed by atoms with E-state index in [-0.39, 0.29) is 18.4 Å². The Kier molecular flexibility index (Phi) is 9.48. The highest BCUT2D eigenvalue weighted by molar-refractivity contribution is 9.10. The highest BCUT2D eigenvalue weighted by Crippen LogP contribution is 2.28. The van der Waals surface area contributed by atoms with Gasteiger partial charge in [0.1, 0.15) is 12.6 Å². The van der Waals surface area contributed by atoms with Crippen molar-refractivity contribution in [1.82, 2.24) is 10.2 Å². The third-order valence-electron chi connectivity index (χ3n) is 5.09. The van der Waals surface area contributed by atoms with Crippen molar-refractivity contribution in [2.24, 2.45) is 5.92 Å². The number of carbonyl (C=O) groups is 2. The van der Waals surface area contributed by atoms with E-state index in [0.29, 0.717) is 16.7 Å².